The summed E-state index contributed by atoms with van der Waals surface area (Å²) in [5, 5.41) is 6.65. The third kappa shape index (κ3) is 4.20. The highest BCUT2D eigenvalue weighted by molar-refractivity contribution is 7.15. The predicted octanol–water partition coefficient (Wildman–Crippen LogP) is 3.19. The molecule has 142 valence electrons. The average Bonchev–Trinajstić information content (AvgIpc) is 2.96. The Hall–Kier alpha value is -2.25. The number of amides is 2. The maximum absolute atomic E-state index is 12.4. The van der Waals surface area contributed by atoms with Crippen molar-refractivity contribution in [3.8, 4) is 0 Å². The number of hydrogen-bond acceptors (Lipinski definition) is 5. The molecule has 6 nitrogen and oxygen atoms in total. The van der Waals surface area contributed by atoms with E-state index in [9.17, 15) is 9.59 Å². The molecule has 2 heterocycles. The molecule has 1 aliphatic carbocycles. The minimum atomic E-state index is -0.00391. The number of benzene rings is 1. The monoisotopic (exact) mass is 384 g/mol. The van der Waals surface area contributed by atoms with Gasteiger partial charge in [-0.1, -0.05) is 24.6 Å². The minimum absolute atomic E-state index is 0.00391. The van der Waals surface area contributed by atoms with E-state index in [1.54, 1.807) is 0 Å². The van der Waals surface area contributed by atoms with Crippen molar-refractivity contribution < 1.29 is 9.59 Å². The van der Waals surface area contributed by atoms with E-state index in [1.165, 1.54) is 11.3 Å². The molecule has 0 saturated heterocycles. The smallest absolute Gasteiger partial charge is 0.238 e. The molecule has 7 heteroatoms. The first-order valence-corrected chi connectivity index (χ1v) is 10.3. The van der Waals surface area contributed by atoms with E-state index in [0.29, 0.717) is 18.2 Å². The summed E-state index contributed by atoms with van der Waals surface area (Å²) in [6, 6.07) is 7.79. The number of thiazole rings is 1. The number of carbonyl (C=O) groups is 2. The van der Waals surface area contributed by atoms with Crippen molar-refractivity contribution >= 4 is 34.0 Å². The molecule has 0 unspecified atom stereocenters. The summed E-state index contributed by atoms with van der Waals surface area (Å²) < 4.78 is 0. The highest BCUT2D eigenvalue weighted by atomic mass is 32.1. The van der Waals surface area contributed by atoms with Crippen LogP contribution < -0.4 is 10.6 Å². The van der Waals surface area contributed by atoms with E-state index < -0.39 is 0 Å². The number of aromatic nitrogens is 1. The Morgan fingerprint density at radius 2 is 2.07 bits per heavy atom. The molecule has 1 aliphatic heterocycles. The van der Waals surface area contributed by atoms with E-state index in [0.717, 1.165) is 54.0 Å². The molecule has 4 rings (SSSR count). The molecule has 27 heavy (non-hydrogen) atoms. The molecule has 2 aromatic rings. The fourth-order valence-corrected chi connectivity index (χ4v) is 4.47. The summed E-state index contributed by atoms with van der Waals surface area (Å²) in [7, 11) is 0. The number of fused-ring (bicyclic) bond motifs is 1. The number of nitrogens with zero attached hydrogens (tertiary/aromatic N) is 2. The third-order valence-electron chi connectivity index (χ3n) is 5.30. The SMILES string of the molecule is Cc1ccccc1NC(=O)CN1CCc2nc(NC(=O)C3CCC3)sc2C1. The summed E-state index contributed by atoms with van der Waals surface area (Å²) in [5.74, 6) is 0.255. The van der Waals surface area contributed by atoms with E-state index in [4.69, 9.17) is 0 Å². The summed E-state index contributed by atoms with van der Waals surface area (Å²) in [6.45, 7) is 3.84. The Bertz CT molecular complexity index is 859. The molecule has 2 aliphatic rings. The molecule has 2 amide bonds. The first kappa shape index (κ1) is 18.1. The lowest BCUT2D eigenvalue weighted by atomic mass is 9.85. The zero-order valence-electron chi connectivity index (χ0n) is 15.5. The zero-order chi connectivity index (χ0) is 18.8. The molecule has 0 spiro atoms. The van der Waals surface area contributed by atoms with Gasteiger partial charge in [0.15, 0.2) is 5.13 Å². The van der Waals surface area contributed by atoms with Crippen molar-refractivity contribution in [2.24, 2.45) is 5.92 Å². The van der Waals surface area contributed by atoms with Gasteiger partial charge in [0.1, 0.15) is 0 Å². The van der Waals surface area contributed by atoms with Gasteiger partial charge in [0.25, 0.3) is 0 Å². The predicted molar refractivity (Wildman–Crippen MR) is 107 cm³/mol. The lowest BCUT2D eigenvalue weighted by molar-refractivity contribution is -0.122. The van der Waals surface area contributed by atoms with E-state index in [-0.39, 0.29) is 17.7 Å². The Balaban J connectivity index is 1.33. The van der Waals surface area contributed by atoms with Crippen LogP contribution in [0.5, 0.6) is 0 Å². The van der Waals surface area contributed by atoms with Gasteiger partial charge in [-0.25, -0.2) is 4.98 Å². The molecular weight excluding hydrogens is 360 g/mol. The minimum Gasteiger partial charge on any atom is -0.325 e. The Morgan fingerprint density at radius 3 is 2.81 bits per heavy atom. The van der Waals surface area contributed by atoms with Crippen LogP contribution in [-0.4, -0.2) is 34.8 Å². The van der Waals surface area contributed by atoms with Gasteiger partial charge in [-0.2, -0.15) is 0 Å². The summed E-state index contributed by atoms with van der Waals surface area (Å²) >= 11 is 1.54. The molecule has 1 fully saturated rings. The second-order valence-electron chi connectivity index (χ2n) is 7.33. The molecule has 1 aromatic heterocycles. The van der Waals surface area contributed by atoms with Crippen LogP contribution in [0.4, 0.5) is 10.8 Å². The van der Waals surface area contributed by atoms with E-state index in [2.05, 4.69) is 20.5 Å². The van der Waals surface area contributed by atoms with Gasteiger partial charge < -0.3 is 10.6 Å². The van der Waals surface area contributed by atoms with Crippen LogP contribution in [0.15, 0.2) is 24.3 Å². The fraction of sp³-hybridized carbons (Fsp3) is 0.450. The topological polar surface area (TPSA) is 74.3 Å². The Morgan fingerprint density at radius 1 is 1.26 bits per heavy atom. The molecule has 0 radical (unpaired) electrons. The molecule has 2 N–H and O–H groups in total. The van der Waals surface area contributed by atoms with Crippen LogP contribution in [0.2, 0.25) is 0 Å². The first-order valence-electron chi connectivity index (χ1n) is 9.46. The normalized spacial score (nSPS) is 17.1. The van der Waals surface area contributed by atoms with Crippen molar-refractivity contribution in [1.29, 1.82) is 0 Å². The van der Waals surface area contributed by atoms with Gasteiger partial charge in [-0.3, -0.25) is 14.5 Å². The van der Waals surface area contributed by atoms with Crippen molar-refractivity contribution in [3.63, 3.8) is 0 Å². The maximum Gasteiger partial charge on any atom is 0.238 e. The van der Waals surface area contributed by atoms with Gasteiger partial charge in [-0.05, 0) is 31.4 Å². The number of carbonyl (C=O) groups excluding carboxylic acids is 2. The summed E-state index contributed by atoms with van der Waals surface area (Å²) in [6.07, 6.45) is 3.93. The fourth-order valence-electron chi connectivity index (χ4n) is 3.42. The molecule has 1 aromatic carbocycles. The number of rotatable bonds is 5. The van der Waals surface area contributed by atoms with Crippen LogP contribution in [0, 0.1) is 12.8 Å². The van der Waals surface area contributed by atoms with Crippen molar-refractivity contribution in [3.05, 3.63) is 40.4 Å². The van der Waals surface area contributed by atoms with Crippen LogP contribution >= 0.6 is 11.3 Å². The maximum atomic E-state index is 12.4. The van der Waals surface area contributed by atoms with Crippen molar-refractivity contribution in [1.82, 2.24) is 9.88 Å². The number of aryl methyl sites for hydroxylation is 1. The second kappa shape index (κ2) is 7.78. The number of nitrogens with one attached hydrogen (secondary N) is 2. The third-order valence-corrected chi connectivity index (χ3v) is 6.30. The molecule has 1 saturated carbocycles. The highest BCUT2D eigenvalue weighted by Gasteiger charge is 2.27. The Labute approximate surface area is 163 Å². The van der Waals surface area contributed by atoms with Gasteiger partial charge in [0.05, 0.1) is 12.2 Å². The van der Waals surface area contributed by atoms with E-state index in [1.807, 2.05) is 31.2 Å². The largest absolute Gasteiger partial charge is 0.325 e. The molecule has 0 atom stereocenters. The van der Waals surface area contributed by atoms with Crippen LogP contribution in [0.3, 0.4) is 0 Å². The number of hydrogen-bond donors (Lipinski definition) is 2. The second-order valence-corrected chi connectivity index (χ2v) is 8.41. The standard InChI is InChI=1S/C20H24N4O2S/c1-13-5-2-3-8-15(13)21-18(25)12-24-10-9-16-17(11-24)27-20(22-16)23-19(26)14-6-4-7-14/h2-3,5,8,14H,4,6-7,9-12H2,1H3,(H,21,25)(H,22,23,26). The van der Waals surface area contributed by atoms with Crippen LogP contribution in [0.1, 0.15) is 35.4 Å². The van der Waals surface area contributed by atoms with Crippen molar-refractivity contribution in [2.45, 2.75) is 39.2 Å². The highest BCUT2D eigenvalue weighted by Crippen LogP contribution is 2.31. The number of anilines is 2. The summed E-state index contributed by atoms with van der Waals surface area (Å²) in [5.41, 5.74) is 2.97. The van der Waals surface area contributed by atoms with Gasteiger partial charge in [0.2, 0.25) is 11.8 Å². The number of para-hydroxylation sites is 1. The first-order chi connectivity index (χ1) is 13.1. The molecular formula is C20H24N4O2S. The van der Waals surface area contributed by atoms with Gasteiger partial charge >= 0.3 is 0 Å². The average molecular weight is 385 g/mol. The molecule has 0 bridgehead atoms. The van der Waals surface area contributed by atoms with E-state index >= 15 is 0 Å². The lowest BCUT2D eigenvalue weighted by Gasteiger charge is -2.25. The Kier molecular flexibility index (Phi) is 5.22. The quantitative estimate of drug-likeness (QED) is 0.830. The van der Waals surface area contributed by atoms with Crippen LogP contribution in [0.25, 0.3) is 0 Å². The summed E-state index contributed by atoms with van der Waals surface area (Å²) in [4.78, 5) is 32.4. The lowest BCUT2D eigenvalue weighted by Crippen LogP contribution is -2.36. The van der Waals surface area contributed by atoms with Crippen molar-refractivity contribution in [2.75, 3.05) is 23.7 Å². The van der Waals surface area contributed by atoms with Crippen LogP contribution in [-0.2, 0) is 22.6 Å². The zero-order valence-corrected chi connectivity index (χ0v) is 16.3. The van der Waals surface area contributed by atoms with Gasteiger partial charge in [0, 0.05) is 36.0 Å². The van der Waals surface area contributed by atoms with Gasteiger partial charge in [-0.15, -0.1) is 11.3 Å².